The maximum absolute atomic E-state index is 14.2. The Morgan fingerprint density at radius 2 is 1.98 bits per heavy atom. The number of benzene rings is 2. The summed E-state index contributed by atoms with van der Waals surface area (Å²) in [7, 11) is 0. The molecule has 2 amide bonds. The minimum absolute atomic E-state index is 0.119. The van der Waals surface area contributed by atoms with E-state index in [1.54, 1.807) is 67.3 Å². The van der Waals surface area contributed by atoms with Gasteiger partial charge in [0.2, 0.25) is 5.91 Å². The number of nitrogens with one attached hydrogen (secondary N) is 2. The highest BCUT2D eigenvalue weighted by Gasteiger charge is 2.24. The molecule has 2 aromatic carbocycles. The van der Waals surface area contributed by atoms with Crippen molar-refractivity contribution in [3.63, 3.8) is 0 Å². The molecule has 1 fully saturated rings. The van der Waals surface area contributed by atoms with Crippen LogP contribution in [0.2, 0.25) is 0 Å². The normalized spacial score (nSPS) is 15.2. The number of imidazole rings is 1. The number of aromatic nitrogens is 5. The van der Waals surface area contributed by atoms with E-state index in [1.165, 1.54) is 4.57 Å². The van der Waals surface area contributed by atoms with Crippen LogP contribution in [0.5, 0.6) is 0 Å². The molecule has 1 saturated heterocycles. The summed E-state index contributed by atoms with van der Waals surface area (Å²) in [4.78, 5) is 53.4. The fourth-order valence-corrected chi connectivity index (χ4v) is 5.21. The number of aryl methyl sites for hydroxylation is 1. The van der Waals surface area contributed by atoms with Crippen molar-refractivity contribution >= 4 is 28.4 Å². The van der Waals surface area contributed by atoms with Crippen molar-refractivity contribution in [2.24, 2.45) is 0 Å². The number of carbonyl (C=O) groups excluding carboxylic acids is 2. The van der Waals surface area contributed by atoms with Crippen molar-refractivity contribution in [2.45, 2.75) is 38.8 Å². The number of hydrogen-bond acceptors (Lipinski definition) is 7. The van der Waals surface area contributed by atoms with Gasteiger partial charge in [-0.3, -0.25) is 23.4 Å². The van der Waals surface area contributed by atoms with Gasteiger partial charge < -0.3 is 15.4 Å². The third kappa shape index (κ3) is 5.48. The second-order valence-corrected chi connectivity index (χ2v) is 10.2. The van der Waals surface area contributed by atoms with E-state index < -0.39 is 12.1 Å². The standard InChI is InChI=1S/C32H29N7O4/c1-20-26(29-33-16-17-38(29)19-35-20)31(41)36-21(2)28-37-24-13-6-9-22(10-7-15-34-30(40)25-14-8-18-43-25)27(24)32(42)39(28)23-11-4-3-5-12-23/h3-6,9,11-13,16-17,19,21,25H,8,14-15,18H2,1-2H3,(H,34,40)(H,36,41)/t21-,25-/m1/s1. The Bertz CT molecular complexity index is 1960. The first kappa shape index (κ1) is 27.8. The van der Waals surface area contributed by atoms with Crippen molar-refractivity contribution in [3.05, 3.63) is 100 Å². The number of para-hydroxylation sites is 1. The van der Waals surface area contributed by atoms with E-state index >= 15 is 0 Å². The van der Waals surface area contributed by atoms with Crippen molar-refractivity contribution in [2.75, 3.05) is 13.2 Å². The maximum Gasteiger partial charge on any atom is 0.267 e. The highest BCUT2D eigenvalue weighted by Crippen LogP contribution is 2.21. The molecular formula is C32H29N7O4. The molecule has 6 rings (SSSR count). The molecule has 0 saturated carbocycles. The average Bonchev–Trinajstić information content (AvgIpc) is 3.72. The van der Waals surface area contributed by atoms with Crippen LogP contribution in [0, 0.1) is 18.8 Å². The third-order valence-corrected chi connectivity index (χ3v) is 7.33. The van der Waals surface area contributed by atoms with Crippen molar-refractivity contribution in [1.29, 1.82) is 0 Å². The SMILES string of the molecule is Cc1ncn2ccnc2c1C(=O)N[C@H](C)c1nc2cccc(C#CCNC(=O)[C@H]3CCCO3)c2c(=O)n1-c1ccccc1. The van der Waals surface area contributed by atoms with Gasteiger partial charge in [0.05, 0.1) is 34.9 Å². The molecular weight excluding hydrogens is 546 g/mol. The summed E-state index contributed by atoms with van der Waals surface area (Å²) >= 11 is 0. The molecule has 216 valence electrons. The van der Waals surface area contributed by atoms with Crippen molar-refractivity contribution in [3.8, 4) is 17.5 Å². The van der Waals surface area contributed by atoms with E-state index in [-0.39, 0.29) is 23.9 Å². The van der Waals surface area contributed by atoms with Crippen LogP contribution in [-0.4, -0.2) is 55.0 Å². The zero-order valence-electron chi connectivity index (χ0n) is 23.7. The Hall–Kier alpha value is -5.34. The lowest BCUT2D eigenvalue weighted by molar-refractivity contribution is -0.129. The Balaban J connectivity index is 1.37. The maximum atomic E-state index is 14.2. The Kier molecular flexibility index (Phi) is 7.68. The molecule has 4 heterocycles. The Morgan fingerprint density at radius 1 is 1.14 bits per heavy atom. The molecule has 2 N–H and O–H groups in total. The molecule has 5 aromatic rings. The van der Waals surface area contributed by atoms with Gasteiger partial charge in [0, 0.05) is 24.6 Å². The van der Waals surface area contributed by atoms with E-state index in [9.17, 15) is 14.4 Å². The number of rotatable bonds is 6. The Morgan fingerprint density at radius 3 is 2.77 bits per heavy atom. The molecule has 0 bridgehead atoms. The molecule has 0 unspecified atom stereocenters. The number of ether oxygens (including phenoxy) is 1. The van der Waals surface area contributed by atoms with E-state index in [1.807, 2.05) is 18.2 Å². The topological polar surface area (TPSA) is 133 Å². The summed E-state index contributed by atoms with van der Waals surface area (Å²) in [6.07, 6.45) is 6.06. The predicted molar refractivity (Wildman–Crippen MR) is 160 cm³/mol. The fourth-order valence-electron chi connectivity index (χ4n) is 5.21. The van der Waals surface area contributed by atoms with Crippen LogP contribution in [0.3, 0.4) is 0 Å². The molecule has 1 aliphatic rings. The zero-order chi connectivity index (χ0) is 29.9. The molecule has 11 nitrogen and oxygen atoms in total. The lowest BCUT2D eigenvalue weighted by atomic mass is 10.1. The van der Waals surface area contributed by atoms with Gasteiger partial charge in [0.25, 0.3) is 11.5 Å². The number of carbonyl (C=O) groups is 2. The summed E-state index contributed by atoms with van der Waals surface area (Å²) in [5.74, 6) is 5.77. The van der Waals surface area contributed by atoms with Crippen molar-refractivity contribution in [1.82, 2.24) is 34.6 Å². The molecule has 0 radical (unpaired) electrons. The van der Waals surface area contributed by atoms with E-state index in [4.69, 9.17) is 9.72 Å². The summed E-state index contributed by atoms with van der Waals surface area (Å²) in [5.41, 5.74) is 2.56. The third-order valence-electron chi connectivity index (χ3n) is 7.33. The Labute approximate surface area is 247 Å². The van der Waals surface area contributed by atoms with Crippen LogP contribution in [-0.2, 0) is 9.53 Å². The van der Waals surface area contributed by atoms with E-state index in [0.717, 1.165) is 6.42 Å². The number of amides is 2. The highest BCUT2D eigenvalue weighted by atomic mass is 16.5. The minimum Gasteiger partial charge on any atom is -0.368 e. The minimum atomic E-state index is -0.665. The summed E-state index contributed by atoms with van der Waals surface area (Å²) in [5, 5.41) is 6.11. The zero-order valence-corrected chi connectivity index (χ0v) is 23.7. The quantitative estimate of drug-likeness (QED) is 0.298. The molecule has 3 aromatic heterocycles. The van der Waals surface area contributed by atoms with Crippen LogP contribution in [0.25, 0.3) is 22.2 Å². The molecule has 43 heavy (non-hydrogen) atoms. The van der Waals surface area contributed by atoms with Crippen LogP contribution in [0.4, 0.5) is 0 Å². The molecule has 0 spiro atoms. The average molecular weight is 576 g/mol. The molecule has 2 atom stereocenters. The largest absolute Gasteiger partial charge is 0.368 e. The highest BCUT2D eigenvalue weighted by molar-refractivity contribution is 6.01. The molecule has 11 heteroatoms. The van der Waals surface area contributed by atoms with Gasteiger partial charge >= 0.3 is 0 Å². The van der Waals surface area contributed by atoms with Gasteiger partial charge in [-0.25, -0.2) is 15.0 Å². The summed E-state index contributed by atoms with van der Waals surface area (Å²) < 4.78 is 8.59. The van der Waals surface area contributed by atoms with Gasteiger partial charge in [0.1, 0.15) is 23.8 Å². The first-order valence-electron chi connectivity index (χ1n) is 14.0. The second kappa shape index (κ2) is 11.9. The van der Waals surface area contributed by atoms with Gasteiger partial charge in [-0.05, 0) is 51.0 Å². The monoisotopic (exact) mass is 575 g/mol. The molecule has 1 aliphatic heterocycles. The summed E-state index contributed by atoms with van der Waals surface area (Å²) in [6.45, 7) is 4.23. The molecule has 0 aliphatic carbocycles. The summed E-state index contributed by atoms with van der Waals surface area (Å²) in [6, 6.07) is 13.7. The van der Waals surface area contributed by atoms with Gasteiger partial charge in [-0.2, -0.15) is 0 Å². The predicted octanol–water partition coefficient (Wildman–Crippen LogP) is 2.87. The number of nitrogens with zero attached hydrogens (tertiary/aromatic N) is 5. The smallest absolute Gasteiger partial charge is 0.267 e. The van der Waals surface area contributed by atoms with Crippen LogP contribution >= 0.6 is 0 Å². The lowest BCUT2D eigenvalue weighted by Gasteiger charge is -2.20. The van der Waals surface area contributed by atoms with Crippen molar-refractivity contribution < 1.29 is 14.3 Å². The van der Waals surface area contributed by atoms with E-state index in [2.05, 4.69) is 32.4 Å². The first-order chi connectivity index (χ1) is 20.9. The second-order valence-electron chi connectivity index (χ2n) is 10.2. The van der Waals surface area contributed by atoms with Gasteiger partial charge in [-0.15, -0.1) is 0 Å². The first-order valence-corrected chi connectivity index (χ1v) is 14.0. The van der Waals surface area contributed by atoms with Crippen LogP contribution in [0.15, 0.2) is 72.0 Å². The number of fused-ring (bicyclic) bond motifs is 2. The van der Waals surface area contributed by atoms with Gasteiger partial charge in [0.15, 0.2) is 5.65 Å². The fraction of sp³-hybridized carbons (Fsp3) is 0.250. The van der Waals surface area contributed by atoms with Crippen LogP contribution in [0.1, 0.15) is 53.2 Å². The number of hydrogen-bond donors (Lipinski definition) is 2. The van der Waals surface area contributed by atoms with Gasteiger partial charge in [-0.1, -0.05) is 36.1 Å². The van der Waals surface area contributed by atoms with E-state index in [0.29, 0.717) is 57.9 Å². The lowest BCUT2D eigenvalue weighted by Crippen LogP contribution is -2.34. The van der Waals surface area contributed by atoms with Crippen LogP contribution < -0.4 is 16.2 Å².